The lowest BCUT2D eigenvalue weighted by molar-refractivity contribution is 0.187. The topological polar surface area (TPSA) is 82.6 Å². The summed E-state index contributed by atoms with van der Waals surface area (Å²) in [6, 6.07) is 14.5. The predicted octanol–water partition coefficient (Wildman–Crippen LogP) is 5.94. The third kappa shape index (κ3) is 6.09. The first-order valence-electron chi connectivity index (χ1n) is 13.2. The number of rotatable bonds is 8. The highest BCUT2D eigenvalue weighted by atomic mass is 35.5. The molecule has 1 aromatic heterocycles. The smallest absolute Gasteiger partial charge is 0.229 e. The van der Waals surface area contributed by atoms with Gasteiger partial charge >= 0.3 is 0 Å². The standard InChI is InChI=1S/C28H36ClN6O2P/c1-37-25-18-21(35-16-14-34(15-17-35)20-8-4-5-9-20)12-13-23(25)32-28-30-19-22(29)27(33-28)31-24-10-6-7-11-26(24)38(2,3)36/h6-7,10-13,18-20H,4-5,8-9,14-17H2,1-3H3,(H2,30,31,32,33). The van der Waals surface area contributed by atoms with Gasteiger partial charge in [0.2, 0.25) is 5.95 Å². The normalized spacial score (nSPS) is 17.0. The molecule has 1 aliphatic heterocycles. The highest BCUT2D eigenvalue weighted by molar-refractivity contribution is 7.70. The van der Waals surface area contributed by atoms with Gasteiger partial charge in [0.25, 0.3) is 0 Å². The van der Waals surface area contributed by atoms with Crippen LogP contribution in [0.1, 0.15) is 25.7 Å². The Hall–Kier alpha value is -2.80. The van der Waals surface area contributed by atoms with Crippen molar-refractivity contribution in [3.63, 3.8) is 0 Å². The number of aromatic nitrogens is 2. The number of para-hydroxylation sites is 1. The molecule has 0 atom stereocenters. The Morgan fingerprint density at radius 1 is 1.00 bits per heavy atom. The molecule has 8 nitrogen and oxygen atoms in total. The third-order valence-electron chi connectivity index (χ3n) is 7.43. The molecule has 0 spiro atoms. The summed E-state index contributed by atoms with van der Waals surface area (Å²) in [6.07, 6.45) is 6.99. The van der Waals surface area contributed by atoms with E-state index in [1.165, 1.54) is 25.7 Å². The fraction of sp³-hybridized carbons (Fsp3) is 0.429. The van der Waals surface area contributed by atoms with Crippen molar-refractivity contribution in [2.24, 2.45) is 0 Å². The molecule has 1 aliphatic carbocycles. The van der Waals surface area contributed by atoms with E-state index in [4.69, 9.17) is 16.3 Å². The van der Waals surface area contributed by atoms with Gasteiger partial charge in [0, 0.05) is 49.3 Å². The fourth-order valence-corrected chi connectivity index (χ4v) is 6.70. The summed E-state index contributed by atoms with van der Waals surface area (Å²) in [6.45, 7) is 7.74. The number of ether oxygens (including phenoxy) is 1. The van der Waals surface area contributed by atoms with Gasteiger partial charge in [-0.1, -0.05) is 36.6 Å². The predicted molar refractivity (Wildman–Crippen MR) is 158 cm³/mol. The van der Waals surface area contributed by atoms with Crippen molar-refractivity contribution in [1.82, 2.24) is 14.9 Å². The lowest BCUT2D eigenvalue weighted by atomic mass is 10.1. The number of hydrogen-bond acceptors (Lipinski definition) is 8. The minimum absolute atomic E-state index is 0.367. The van der Waals surface area contributed by atoms with Crippen molar-refractivity contribution in [2.45, 2.75) is 31.7 Å². The number of nitrogens with zero attached hydrogens (tertiary/aromatic N) is 4. The van der Waals surface area contributed by atoms with Crippen LogP contribution < -0.4 is 25.6 Å². The number of anilines is 5. The molecule has 1 saturated carbocycles. The van der Waals surface area contributed by atoms with Crippen molar-refractivity contribution < 1.29 is 9.30 Å². The number of hydrogen-bond donors (Lipinski definition) is 2. The first-order chi connectivity index (χ1) is 18.3. The summed E-state index contributed by atoms with van der Waals surface area (Å²) >= 11 is 6.41. The highest BCUT2D eigenvalue weighted by Gasteiger charge is 2.26. The van der Waals surface area contributed by atoms with Crippen LogP contribution in [0.2, 0.25) is 5.02 Å². The Labute approximate surface area is 230 Å². The summed E-state index contributed by atoms with van der Waals surface area (Å²) in [5.74, 6) is 1.53. The number of methoxy groups -OCH3 is 1. The maximum atomic E-state index is 12.8. The van der Waals surface area contributed by atoms with Crippen molar-refractivity contribution >= 4 is 52.9 Å². The van der Waals surface area contributed by atoms with Crippen LogP contribution in [-0.2, 0) is 4.57 Å². The van der Waals surface area contributed by atoms with Crippen molar-refractivity contribution in [2.75, 3.05) is 62.2 Å². The zero-order valence-corrected chi connectivity index (χ0v) is 23.9. The van der Waals surface area contributed by atoms with E-state index in [-0.39, 0.29) is 0 Å². The lowest BCUT2D eigenvalue weighted by Gasteiger charge is -2.39. The molecule has 202 valence electrons. The molecule has 2 heterocycles. The number of benzene rings is 2. The van der Waals surface area contributed by atoms with E-state index in [1.54, 1.807) is 26.6 Å². The van der Waals surface area contributed by atoms with Gasteiger partial charge in [0.05, 0.1) is 24.7 Å². The second-order valence-electron chi connectivity index (χ2n) is 10.4. The molecule has 38 heavy (non-hydrogen) atoms. The largest absolute Gasteiger partial charge is 0.494 e. The van der Waals surface area contributed by atoms with E-state index in [2.05, 4.69) is 42.5 Å². The van der Waals surface area contributed by atoms with E-state index in [0.29, 0.717) is 22.5 Å². The maximum absolute atomic E-state index is 12.8. The van der Waals surface area contributed by atoms with Crippen LogP contribution in [0.4, 0.5) is 28.8 Å². The molecule has 0 bridgehead atoms. The third-order valence-corrected chi connectivity index (χ3v) is 9.26. The van der Waals surface area contributed by atoms with Gasteiger partial charge in [-0.25, -0.2) is 4.98 Å². The molecule has 0 amide bonds. The molecule has 2 aliphatic rings. The number of nitrogens with one attached hydrogen (secondary N) is 2. The summed E-state index contributed by atoms with van der Waals surface area (Å²) < 4.78 is 18.5. The molecule has 0 unspecified atom stereocenters. The molecule has 3 aromatic rings. The van der Waals surface area contributed by atoms with Crippen molar-refractivity contribution in [3.8, 4) is 5.75 Å². The highest BCUT2D eigenvalue weighted by Crippen LogP contribution is 2.39. The molecular formula is C28H36ClN6O2P. The average Bonchev–Trinajstić information content (AvgIpc) is 3.46. The van der Waals surface area contributed by atoms with Gasteiger partial charge < -0.3 is 24.8 Å². The zero-order chi connectivity index (χ0) is 26.7. The average molecular weight is 555 g/mol. The van der Waals surface area contributed by atoms with Gasteiger partial charge in [-0.05, 0) is 50.4 Å². The van der Waals surface area contributed by atoms with Crippen LogP contribution in [0.3, 0.4) is 0 Å². The summed E-state index contributed by atoms with van der Waals surface area (Å²) in [4.78, 5) is 14.0. The van der Waals surface area contributed by atoms with Gasteiger partial charge in [-0.2, -0.15) is 4.98 Å². The monoisotopic (exact) mass is 554 g/mol. The summed E-state index contributed by atoms with van der Waals surface area (Å²) in [5, 5.41) is 7.62. The second-order valence-corrected chi connectivity index (χ2v) is 13.9. The van der Waals surface area contributed by atoms with Gasteiger partial charge in [-0.15, -0.1) is 0 Å². The number of halogens is 1. The minimum Gasteiger partial charge on any atom is -0.494 e. The zero-order valence-electron chi connectivity index (χ0n) is 22.3. The molecule has 2 fully saturated rings. The van der Waals surface area contributed by atoms with Crippen molar-refractivity contribution in [1.29, 1.82) is 0 Å². The number of piperazine rings is 1. The molecule has 2 N–H and O–H groups in total. The first kappa shape index (κ1) is 26.8. The van der Waals surface area contributed by atoms with E-state index >= 15 is 0 Å². The molecule has 0 radical (unpaired) electrons. The van der Waals surface area contributed by atoms with Crippen LogP contribution in [-0.4, -0.2) is 67.5 Å². The molecular weight excluding hydrogens is 519 g/mol. The SMILES string of the molecule is COc1cc(N2CCN(C3CCCC3)CC2)ccc1Nc1ncc(Cl)c(Nc2ccccc2P(C)(C)=O)n1. The van der Waals surface area contributed by atoms with Gasteiger partial charge in [0.15, 0.2) is 5.82 Å². The Bertz CT molecular complexity index is 1320. The Balaban J connectivity index is 1.30. The fourth-order valence-electron chi connectivity index (χ4n) is 5.41. The second kappa shape index (κ2) is 11.5. The molecule has 2 aromatic carbocycles. The quantitative estimate of drug-likeness (QED) is 0.331. The van der Waals surface area contributed by atoms with Gasteiger partial charge in [-0.3, -0.25) is 4.90 Å². The van der Waals surface area contributed by atoms with E-state index in [0.717, 1.165) is 54.6 Å². The summed E-state index contributed by atoms with van der Waals surface area (Å²) in [7, 11) is -0.829. The van der Waals surface area contributed by atoms with Crippen LogP contribution in [0.15, 0.2) is 48.7 Å². The van der Waals surface area contributed by atoms with Crippen LogP contribution in [0, 0.1) is 0 Å². The Morgan fingerprint density at radius 3 is 2.45 bits per heavy atom. The molecule has 10 heteroatoms. The first-order valence-corrected chi connectivity index (χ1v) is 16.2. The van der Waals surface area contributed by atoms with Crippen molar-refractivity contribution in [3.05, 3.63) is 53.7 Å². The van der Waals surface area contributed by atoms with Gasteiger partial charge in [0.1, 0.15) is 17.9 Å². The molecule has 1 saturated heterocycles. The van der Waals surface area contributed by atoms with Crippen LogP contribution in [0.25, 0.3) is 0 Å². The lowest BCUT2D eigenvalue weighted by Crippen LogP contribution is -2.49. The van der Waals surface area contributed by atoms with E-state index in [1.807, 2.05) is 30.3 Å². The minimum atomic E-state index is -2.50. The van der Waals surface area contributed by atoms with Crippen LogP contribution in [0.5, 0.6) is 5.75 Å². The van der Waals surface area contributed by atoms with Crippen LogP contribution >= 0.6 is 18.7 Å². The van der Waals surface area contributed by atoms with E-state index in [9.17, 15) is 4.57 Å². The van der Waals surface area contributed by atoms with E-state index < -0.39 is 7.14 Å². The molecule has 5 rings (SSSR count). The Kier molecular flexibility index (Phi) is 8.12. The Morgan fingerprint density at radius 2 is 1.74 bits per heavy atom. The summed E-state index contributed by atoms with van der Waals surface area (Å²) in [5.41, 5.74) is 2.63. The maximum Gasteiger partial charge on any atom is 0.229 e.